The van der Waals surface area contributed by atoms with Crippen LogP contribution in [0.3, 0.4) is 0 Å². The molecule has 1 rings (SSSR count). The van der Waals surface area contributed by atoms with E-state index in [4.69, 9.17) is 15.6 Å². The van der Waals surface area contributed by atoms with Crippen LogP contribution >= 0.6 is 0 Å². The zero-order valence-electron chi connectivity index (χ0n) is 5.90. The van der Waals surface area contributed by atoms with E-state index in [1.54, 1.807) is 6.92 Å². The number of aliphatic hydroxyl groups excluding tert-OH is 2. The highest BCUT2D eigenvalue weighted by Crippen LogP contribution is 2.19. The summed E-state index contributed by atoms with van der Waals surface area (Å²) in [6.07, 6.45) is -2.30. The standard InChI is InChI=1S/C6H13NO3/c1-3-5(8)6(9)4(2-7)10-3/h3-6,8-9H,2,7H2,1H3/t3-,4+,5+,6+/m1/s1. The highest BCUT2D eigenvalue weighted by Gasteiger charge is 2.38. The molecule has 0 aliphatic carbocycles. The Morgan fingerprint density at radius 3 is 2.20 bits per heavy atom. The zero-order valence-corrected chi connectivity index (χ0v) is 5.90. The first-order valence-electron chi connectivity index (χ1n) is 3.38. The van der Waals surface area contributed by atoms with E-state index < -0.39 is 18.3 Å². The smallest absolute Gasteiger partial charge is 0.110 e. The largest absolute Gasteiger partial charge is 0.388 e. The van der Waals surface area contributed by atoms with Crippen LogP contribution in [0.5, 0.6) is 0 Å². The molecule has 0 aromatic heterocycles. The van der Waals surface area contributed by atoms with Crippen LogP contribution in [-0.2, 0) is 4.74 Å². The number of nitrogens with two attached hydrogens (primary N) is 1. The van der Waals surface area contributed by atoms with E-state index in [1.165, 1.54) is 0 Å². The Labute approximate surface area is 59.6 Å². The average Bonchev–Trinajstić information content (AvgIpc) is 2.17. The first kappa shape index (κ1) is 7.94. The lowest BCUT2D eigenvalue weighted by Gasteiger charge is -2.10. The van der Waals surface area contributed by atoms with Crippen molar-refractivity contribution >= 4 is 0 Å². The number of hydrogen-bond donors (Lipinski definition) is 3. The maximum Gasteiger partial charge on any atom is 0.110 e. The van der Waals surface area contributed by atoms with Gasteiger partial charge in [-0.05, 0) is 6.92 Å². The van der Waals surface area contributed by atoms with Crippen molar-refractivity contribution in [1.29, 1.82) is 0 Å². The Hall–Kier alpha value is -0.160. The topological polar surface area (TPSA) is 75.7 Å². The first-order valence-corrected chi connectivity index (χ1v) is 3.38. The zero-order chi connectivity index (χ0) is 7.72. The highest BCUT2D eigenvalue weighted by atomic mass is 16.5. The molecule has 1 heterocycles. The lowest BCUT2D eigenvalue weighted by Crippen LogP contribution is -2.35. The normalized spacial score (nSPS) is 48.0. The van der Waals surface area contributed by atoms with E-state index in [1.807, 2.05) is 0 Å². The van der Waals surface area contributed by atoms with E-state index in [9.17, 15) is 5.11 Å². The molecular weight excluding hydrogens is 134 g/mol. The second-order valence-electron chi connectivity index (χ2n) is 2.60. The van der Waals surface area contributed by atoms with Gasteiger partial charge >= 0.3 is 0 Å². The molecule has 1 aliphatic heterocycles. The van der Waals surface area contributed by atoms with Crippen LogP contribution in [0.25, 0.3) is 0 Å². The van der Waals surface area contributed by atoms with Gasteiger partial charge in [-0.15, -0.1) is 0 Å². The molecule has 0 radical (unpaired) electrons. The Balaban J connectivity index is 2.53. The van der Waals surface area contributed by atoms with Crippen molar-refractivity contribution < 1.29 is 14.9 Å². The van der Waals surface area contributed by atoms with Gasteiger partial charge in [-0.25, -0.2) is 0 Å². The van der Waals surface area contributed by atoms with Crippen molar-refractivity contribution in [3.63, 3.8) is 0 Å². The molecule has 0 amide bonds. The molecule has 60 valence electrons. The van der Waals surface area contributed by atoms with E-state index >= 15 is 0 Å². The minimum Gasteiger partial charge on any atom is -0.388 e. The van der Waals surface area contributed by atoms with Gasteiger partial charge in [0.2, 0.25) is 0 Å². The summed E-state index contributed by atoms with van der Waals surface area (Å²) in [4.78, 5) is 0. The van der Waals surface area contributed by atoms with Crippen LogP contribution < -0.4 is 5.73 Å². The maximum absolute atomic E-state index is 9.17. The fraction of sp³-hybridized carbons (Fsp3) is 1.00. The Kier molecular flexibility index (Phi) is 2.25. The van der Waals surface area contributed by atoms with Crippen LogP contribution in [0.2, 0.25) is 0 Å². The van der Waals surface area contributed by atoms with Gasteiger partial charge in [-0.1, -0.05) is 0 Å². The second-order valence-corrected chi connectivity index (χ2v) is 2.60. The molecule has 0 saturated carbocycles. The highest BCUT2D eigenvalue weighted by molar-refractivity contribution is 4.88. The summed E-state index contributed by atoms with van der Waals surface area (Å²) in [6, 6.07) is 0. The van der Waals surface area contributed by atoms with Gasteiger partial charge in [0.1, 0.15) is 12.2 Å². The first-order chi connectivity index (χ1) is 4.66. The molecule has 0 aromatic rings. The van der Waals surface area contributed by atoms with Gasteiger partial charge in [-0.2, -0.15) is 0 Å². The molecule has 4 N–H and O–H groups in total. The predicted molar refractivity (Wildman–Crippen MR) is 35.4 cm³/mol. The number of ether oxygens (including phenoxy) is 1. The van der Waals surface area contributed by atoms with Crippen molar-refractivity contribution in [2.75, 3.05) is 6.54 Å². The van der Waals surface area contributed by atoms with Crippen LogP contribution in [0.1, 0.15) is 6.92 Å². The molecule has 0 spiro atoms. The monoisotopic (exact) mass is 147 g/mol. The second kappa shape index (κ2) is 2.84. The number of hydrogen-bond acceptors (Lipinski definition) is 4. The lowest BCUT2D eigenvalue weighted by atomic mass is 10.1. The Morgan fingerprint density at radius 1 is 1.40 bits per heavy atom. The van der Waals surface area contributed by atoms with Gasteiger partial charge in [0.15, 0.2) is 0 Å². The molecule has 1 saturated heterocycles. The molecule has 1 fully saturated rings. The maximum atomic E-state index is 9.17. The van der Waals surface area contributed by atoms with Crippen molar-refractivity contribution in [3.8, 4) is 0 Å². The molecule has 0 aromatic carbocycles. The molecule has 4 atom stereocenters. The molecule has 0 unspecified atom stereocenters. The van der Waals surface area contributed by atoms with Gasteiger partial charge in [0.25, 0.3) is 0 Å². The van der Waals surface area contributed by atoms with Gasteiger partial charge in [0.05, 0.1) is 12.2 Å². The van der Waals surface area contributed by atoms with Crippen molar-refractivity contribution in [2.45, 2.75) is 31.3 Å². The minimum atomic E-state index is -0.819. The van der Waals surface area contributed by atoms with E-state index in [-0.39, 0.29) is 12.6 Å². The van der Waals surface area contributed by atoms with Crippen molar-refractivity contribution in [3.05, 3.63) is 0 Å². The van der Waals surface area contributed by atoms with Gasteiger partial charge in [-0.3, -0.25) is 0 Å². The van der Waals surface area contributed by atoms with Gasteiger partial charge in [0, 0.05) is 6.54 Å². The fourth-order valence-corrected chi connectivity index (χ4v) is 1.13. The predicted octanol–water partition coefficient (Wildman–Crippen LogP) is -1.55. The third-order valence-electron chi connectivity index (χ3n) is 1.83. The summed E-state index contributed by atoms with van der Waals surface area (Å²) in [7, 11) is 0. The number of rotatable bonds is 1. The van der Waals surface area contributed by atoms with Crippen molar-refractivity contribution in [1.82, 2.24) is 0 Å². The van der Waals surface area contributed by atoms with Crippen LogP contribution in [0, 0.1) is 0 Å². The molecule has 1 aliphatic rings. The van der Waals surface area contributed by atoms with Gasteiger partial charge < -0.3 is 20.7 Å². The minimum absolute atomic E-state index is 0.253. The van der Waals surface area contributed by atoms with Crippen LogP contribution in [0.4, 0.5) is 0 Å². The van der Waals surface area contributed by atoms with E-state index in [2.05, 4.69) is 0 Å². The summed E-state index contributed by atoms with van der Waals surface area (Å²) in [5.41, 5.74) is 5.25. The van der Waals surface area contributed by atoms with Crippen LogP contribution in [-0.4, -0.2) is 41.2 Å². The summed E-state index contributed by atoms with van der Waals surface area (Å²) in [5, 5.41) is 18.3. The van der Waals surface area contributed by atoms with Crippen LogP contribution in [0.15, 0.2) is 0 Å². The Bertz CT molecular complexity index is 120. The van der Waals surface area contributed by atoms with E-state index in [0.29, 0.717) is 0 Å². The molecule has 4 heteroatoms. The van der Waals surface area contributed by atoms with E-state index in [0.717, 1.165) is 0 Å². The summed E-state index contributed by atoms with van der Waals surface area (Å²) in [6.45, 7) is 1.96. The average molecular weight is 147 g/mol. The summed E-state index contributed by atoms with van der Waals surface area (Å²) in [5.74, 6) is 0. The molecule has 10 heavy (non-hydrogen) atoms. The summed E-state index contributed by atoms with van der Waals surface area (Å²) < 4.78 is 5.11. The SMILES string of the molecule is C[C@H]1O[C@@H](CN)[C@H](O)[C@H]1O. The fourth-order valence-electron chi connectivity index (χ4n) is 1.13. The van der Waals surface area contributed by atoms with Crippen molar-refractivity contribution in [2.24, 2.45) is 5.73 Å². The number of aliphatic hydroxyl groups is 2. The Morgan fingerprint density at radius 2 is 2.00 bits per heavy atom. The lowest BCUT2D eigenvalue weighted by molar-refractivity contribution is 0.0223. The third kappa shape index (κ3) is 1.15. The quantitative estimate of drug-likeness (QED) is 0.420. The molecular formula is C6H13NO3. The molecule has 4 nitrogen and oxygen atoms in total. The summed E-state index contributed by atoms with van der Waals surface area (Å²) >= 11 is 0. The molecule has 0 bridgehead atoms. The third-order valence-corrected chi connectivity index (χ3v) is 1.83.